The van der Waals surface area contributed by atoms with Crippen molar-refractivity contribution in [1.82, 2.24) is 0 Å². The van der Waals surface area contributed by atoms with Gasteiger partial charge in [-0.25, -0.2) is 8.78 Å². The zero-order valence-electron chi connectivity index (χ0n) is 14.3. The SMILES string of the molecule is Cc1ccc(C)c(OCCCSCC(=O)Nc2ccc(F)cc2F)c1. The van der Waals surface area contributed by atoms with Crippen LogP contribution in [-0.4, -0.2) is 24.0 Å². The summed E-state index contributed by atoms with van der Waals surface area (Å²) in [5.74, 6) is 0.0827. The lowest BCUT2D eigenvalue weighted by Crippen LogP contribution is -2.15. The number of nitrogens with one attached hydrogen (secondary N) is 1. The molecule has 0 saturated heterocycles. The Morgan fingerprint density at radius 3 is 2.72 bits per heavy atom. The lowest BCUT2D eigenvalue weighted by molar-refractivity contribution is -0.113. The van der Waals surface area contributed by atoms with E-state index < -0.39 is 11.6 Å². The van der Waals surface area contributed by atoms with E-state index in [1.165, 1.54) is 17.8 Å². The second-order valence-corrected chi connectivity index (χ2v) is 6.80. The summed E-state index contributed by atoms with van der Waals surface area (Å²) >= 11 is 1.44. The minimum Gasteiger partial charge on any atom is -0.493 e. The minimum absolute atomic E-state index is 0.00902. The van der Waals surface area contributed by atoms with Crippen LogP contribution in [0.25, 0.3) is 0 Å². The number of anilines is 1. The maximum Gasteiger partial charge on any atom is 0.234 e. The molecule has 0 aromatic heterocycles. The first kappa shape index (κ1) is 19.2. The normalized spacial score (nSPS) is 10.6. The van der Waals surface area contributed by atoms with Gasteiger partial charge in [-0.2, -0.15) is 11.8 Å². The van der Waals surface area contributed by atoms with E-state index >= 15 is 0 Å². The molecule has 0 heterocycles. The van der Waals surface area contributed by atoms with Gasteiger partial charge in [0.1, 0.15) is 17.4 Å². The molecule has 0 atom stereocenters. The number of hydrogen-bond donors (Lipinski definition) is 1. The summed E-state index contributed by atoms with van der Waals surface area (Å²) in [7, 11) is 0. The van der Waals surface area contributed by atoms with Gasteiger partial charge in [-0.3, -0.25) is 4.79 Å². The molecule has 0 bridgehead atoms. The van der Waals surface area contributed by atoms with Crippen molar-refractivity contribution in [1.29, 1.82) is 0 Å². The molecule has 2 rings (SSSR count). The third-order valence-corrected chi connectivity index (χ3v) is 4.52. The smallest absolute Gasteiger partial charge is 0.234 e. The third-order valence-electron chi connectivity index (χ3n) is 3.47. The first-order chi connectivity index (χ1) is 12.0. The Morgan fingerprint density at radius 2 is 1.96 bits per heavy atom. The van der Waals surface area contributed by atoms with Crippen molar-refractivity contribution in [3.05, 3.63) is 59.2 Å². The van der Waals surface area contributed by atoms with Gasteiger partial charge < -0.3 is 10.1 Å². The minimum atomic E-state index is -0.778. The molecule has 0 aliphatic heterocycles. The molecule has 0 radical (unpaired) electrons. The number of amides is 1. The van der Waals surface area contributed by atoms with E-state index in [4.69, 9.17) is 4.74 Å². The molecule has 25 heavy (non-hydrogen) atoms. The van der Waals surface area contributed by atoms with Gasteiger partial charge in [-0.05, 0) is 55.3 Å². The molecule has 134 valence electrons. The van der Waals surface area contributed by atoms with Crippen LogP contribution in [0.5, 0.6) is 5.75 Å². The summed E-state index contributed by atoms with van der Waals surface area (Å²) in [6.07, 6.45) is 0.802. The Balaban J connectivity index is 1.64. The number of carbonyl (C=O) groups is 1. The summed E-state index contributed by atoms with van der Waals surface area (Å²) in [5.41, 5.74) is 2.24. The van der Waals surface area contributed by atoms with Gasteiger partial charge in [0, 0.05) is 6.07 Å². The average Bonchev–Trinajstić information content (AvgIpc) is 2.56. The molecule has 1 N–H and O–H groups in total. The quantitative estimate of drug-likeness (QED) is 0.688. The van der Waals surface area contributed by atoms with Gasteiger partial charge in [0.25, 0.3) is 0 Å². The van der Waals surface area contributed by atoms with E-state index in [9.17, 15) is 13.6 Å². The molecule has 0 fully saturated rings. The van der Waals surface area contributed by atoms with E-state index in [1.54, 1.807) is 0 Å². The monoisotopic (exact) mass is 365 g/mol. The molecule has 1 amide bonds. The predicted octanol–water partition coefficient (Wildman–Crippen LogP) is 4.72. The molecular weight excluding hydrogens is 344 g/mol. The maximum absolute atomic E-state index is 13.4. The van der Waals surface area contributed by atoms with Gasteiger partial charge in [-0.15, -0.1) is 0 Å². The first-order valence-electron chi connectivity index (χ1n) is 7.98. The van der Waals surface area contributed by atoms with Crippen LogP contribution in [-0.2, 0) is 4.79 Å². The lowest BCUT2D eigenvalue weighted by atomic mass is 10.1. The highest BCUT2D eigenvalue weighted by Crippen LogP contribution is 2.19. The molecule has 0 saturated carbocycles. The number of hydrogen-bond acceptors (Lipinski definition) is 3. The molecule has 2 aromatic rings. The molecule has 0 aliphatic rings. The standard InChI is InChI=1S/C19H21F2NO2S/c1-13-4-5-14(2)18(10-13)24-8-3-9-25-12-19(23)22-17-7-6-15(20)11-16(17)21/h4-7,10-11H,3,8-9,12H2,1-2H3,(H,22,23). The van der Waals surface area contributed by atoms with Crippen molar-refractivity contribution in [2.45, 2.75) is 20.3 Å². The topological polar surface area (TPSA) is 38.3 Å². The van der Waals surface area contributed by atoms with Crippen LogP contribution in [0.1, 0.15) is 17.5 Å². The number of halogens is 2. The Hall–Kier alpha value is -2.08. The fourth-order valence-corrected chi connectivity index (χ4v) is 2.87. The van der Waals surface area contributed by atoms with Gasteiger partial charge in [-0.1, -0.05) is 12.1 Å². The molecular formula is C19H21F2NO2S. The summed E-state index contributed by atoms with van der Waals surface area (Å²) in [6, 6.07) is 9.14. The van der Waals surface area contributed by atoms with Crippen LogP contribution in [0, 0.1) is 25.5 Å². The highest BCUT2D eigenvalue weighted by Gasteiger charge is 2.08. The van der Waals surface area contributed by atoms with Crippen LogP contribution in [0.2, 0.25) is 0 Å². The Labute approximate surface area is 150 Å². The van der Waals surface area contributed by atoms with Crippen molar-refractivity contribution < 1.29 is 18.3 Å². The fraction of sp³-hybridized carbons (Fsp3) is 0.316. The van der Waals surface area contributed by atoms with Gasteiger partial charge in [0.2, 0.25) is 5.91 Å². The molecule has 0 unspecified atom stereocenters. The first-order valence-corrected chi connectivity index (χ1v) is 9.14. The van der Waals surface area contributed by atoms with Crippen molar-refractivity contribution in [2.24, 2.45) is 0 Å². The second kappa shape index (κ2) is 9.42. The number of carbonyl (C=O) groups excluding carboxylic acids is 1. The van der Waals surface area contributed by atoms with Gasteiger partial charge in [0.15, 0.2) is 0 Å². The van der Waals surface area contributed by atoms with E-state index in [2.05, 4.69) is 5.32 Å². The molecule has 6 heteroatoms. The number of rotatable bonds is 8. The second-order valence-electron chi connectivity index (χ2n) is 5.70. The summed E-state index contributed by atoms with van der Waals surface area (Å²) in [4.78, 5) is 11.8. The lowest BCUT2D eigenvalue weighted by Gasteiger charge is -2.10. The van der Waals surface area contributed by atoms with Gasteiger partial charge >= 0.3 is 0 Å². The van der Waals surface area contributed by atoms with Crippen LogP contribution in [0.15, 0.2) is 36.4 Å². The highest BCUT2D eigenvalue weighted by molar-refractivity contribution is 7.99. The number of aryl methyl sites for hydroxylation is 2. The van der Waals surface area contributed by atoms with Crippen LogP contribution >= 0.6 is 11.8 Å². The Morgan fingerprint density at radius 1 is 1.16 bits per heavy atom. The van der Waals surface area contributed by atoms with E-state index in [0.29, 0.717) is 6.61 Å². The molecule has 0 aliphatic carbocycles. The Kier molecular flexibility index (Phi) is 7.25. The van der Waals surface area contributed by atoms with Crippen LogP contribution in [0.3, 0.4) is 0 Å². The molecule has 2 aromatic carbocycles. The Bertz CT molecular complexity index is 737. The average molecular weight is 365 g/mol. The molecule has 0 spiro atoms. The number of benzene rings is 2. The van der Waals surface area contributed by atoms with Crippen LogP contribution in [0.4, 0.5) is 14.5 Å². The van der Waals surface area contributed by atoms with Crippen molar-refractivity contribution in [2.75, 3.05) is 23.4 Å². The largest absolute Gasteiger partial charge is 0.493 e. The van der Waals surface area contributed by atoms with Crippen molar-refractivity contribution in [3.8, 4) is 5.75 Å². The number of ether oxygens (including phenoxy) is 1. The maximum atomic E-state index is 13.4. The zero-order valence-corrected chi connectivity index (χ0v) is 15.1. The predicted molar refractivity (Wildman–Crippen MR) is 98.3 cm³/mol. The highest BCUT2D eigenvalue weighted by atomic mass is 32.2. The summed E-state index contributed by atoms with van der Waals surface area (Å²) in [6.45, 7) is 4.60. The number of thioether (sulfide) groups is 1. The summed E-state index contributed by atoms with van der Waals surface area (Å²) in [5, 5.41) is 2.44. The van der Waals surface area contributed by atoms with E-state index in [1.807, 2.05) is 32.0 Å². The zero-order chi connectivity index (χ0) is 18.2. The van der Waals surface area contributed by atoms with Gasteiger partial charge in [0.05, 0.1) is 18.0 Å². The van der Waals surface area contributed by atoms with Crippen molar-refractivity contribution >= 4 is 23.4 Å². The third kappa shape index (κ3) is 6.38. The van der Waals surface area contributed by atoms with Crippen molar-refractivity contribution in [3.63, 3.8) is 0 Å². The van der Waals surface area contributed by atoms with E-state index in [0.717, 1.165) is 41.2 Å². The molecule has 3 nitrogen and oxygen atoms in total. The van der Waals surface area contributed by atoms with Crippen LogP contribution < -0.4 is 10.1 Å². The van der Waals surface area contributed by atoms with E-state index in [-0.39, 0.29) is 17.3 Å². The summed E-state index contributed by atoms with van der Waals surface area (Å²) < 4.78 is 32.0. The fourth-order valence-electron chi connectivity index (χ4n) is 2.15.